The Labute approximate surface area is 105 Å². The molecule has 0 atom stereocenters. The van der Waals surface area contributed by atoms with E-state index in [4.69, 9.17) is 4.74 Å². The summed E-state index contributed by atoms with van der Waals surface area (Å²) in [4.78, 5) is 14.1. The molecule has 0 fully saturated rings. The third kappa shape index (κ3) is 1.88. The van der Waals surface area contributed by atoms with E-state index in [-0.39, 0.29) is 17.6 Å². The monoisotopic (exact) mass is 247 g/mol. The van der Waals surface area contributed by atoms with Crippen LogP contribution in [0.2, 0.25) is 0 Å². The number of allylic oxidation sites excluding steroid dienone is 2. The molecular weight excluding hydrogens is 233 g/mol. The van der Waals surface area contributed by atoms with Crippen molar-refractivity contribution in [1.82, 2.24) is 0 Å². The second kappa shape index (κ2) is 4.44. The summed E-state index contributed by atoms with van der Waals surface area (Å²) in [5.41, 5.74) is 0.680. The van der Waals surface area contributed by atoms with Crippen LogP contribution in [0.15, 0.2) is 30.4 Å². The Morgan fingerprint density at radius 3 is 2.89 bits per heavy atom. The minimum Gasteiger partial charge on any atom is -0.489 e. The number of hydrogen-bond donors (Lipinski definition) is 0. The zero-order chi connectivity index (χ0) is 12.5. The van der Waals surface area contributed by atoms with Crippen molar-refractivity contribution in [1.29, 1.82) is 0 Å². The van der Waals surface area contributed by atoms with Crippen molar-refractivity contribution in [2.45, 2.75) is 12.8 Å². The summed E-state index contributed by atoms with van der Waals surface area (Å²) < 4.78 is 18.5. The number of anilines is 1. The fourth-order valence-corrected chi connectivity index (χ4v) is 2.46. The van der Waals surface area contributed by atoms with Crippen molar-refractivity contribution in [3.05, 3.63) is 36.2 Å². The van der Waals surface area contributed by atoms with Crippen LogP contribution in [0.4, 0.5) is 10.1 Å². The van der Waals surface area contributed by atoms with Crippen LogP contribution in [0.25, 0.3) is 0 Å². The number of carbonyl (C=O) groups is 1. The Morgan fingerprint density at radius 1 is 1.33 bits per heavy atom. The lowest BCUT2D eigenvalue weighted by Crippen LogP contribution is -2.41. The van der Waals surface area contributed by atoms with Gasteiger partial charge in [0.25, 0.3) is 0 Å². The Morgan fingerprint density at radius 2 is 2.11 bits per heavy atom. The van der Waals surface area contributed by atoms with Crippen molar-refractivity contribution < 1.29 is 13.9 Å². The predicted octanol–water partition coefficient (Wildman–Crippen LogP) is 2.52. The molecule has 1 aliphatic carbocycles. The molecule has 1 heterocycles. The molecule has 0 saturated carbocycles. The largest absolute Gasteiger partial charge is 0.489 e. The molecule has 3 rings (SSSR count). The highest BCUT2D eigenvalue weighted by atomic mass is 19.1. The zero-order valence-electron chi connectivity index (χ0n) is 9.93. The highest BCUT2D eigenvalue weighted by Crippen LogP contribution is 2.34. The Bertz CT molecular complexity index is 505. The number of nitrogens with zero attached hydrogens (tertiary/aromatic N) is 1. The quantitative estimate of drug-likeness (QED) is 0.714. The third-order valence-corrected chi connectivity index (χ3v) is 3.41. The van der Waals surface area contributed by atoms with Gasteiger partial charge in [-0.05, 0) is 25.0 Å². The van der Waals surface area contributed by atoms with Gasteiger partial charge in [0.1, 0.15) is 18.2 Å². The molecule has 0 N–H and O–H groups in total. The lowest BCUT2D eigenvalue weighted by Gasteiger charge is -2.31. The van der Waals surface area contributed by atoms with Crippen LogP contribution in [-0.2, 0) is 4.79 Å². The van der Waals surface area contributed by atoms with Crippen LogP contribution < -0.4 is 9.64 Å². The maximum absolute atomic E-state index is 13.1. The van der Waals surface area contributed by atoms with Crippen molar-refractivity contribution in [3.8, 4) is 5.75 Å². The molecule has 1 aliphatic heterocycles. The molecule has 4 heteroatoms. The van der Waals surface area contributed by atoms with E-state index in [1.807, 2.05) is 12.2 Å². The molecule has 0 spiro atoms. The summed E-state index contributed by atoms with van der Waals surface area (Å²) in [6, 6.07) is 4.31. The number of hydrogen-bond acceptors (Lipinski definition) is 2. The maximum atomic E-state index is 13.1. The van der Waals surface area contributed by atoms with E-state index in [0.29, 0.717) is 24.6 Å². The van der Waals surface area contributed by atoms with Crippen molar-refractivity contribution >= 4 is 11.6 Å². The van der Waals surface area contributed by atoms with E-state index < -0.39 is 0 Å². The molecular formula is C14H14FNO2. The normalized spacial score (nSPS) is 18.6. The Kier molecular flexibility index (Phi) is 2.78. The highest BCUT2D eigenvalue weighted by molar-refractivity contribution is 5.97. The fourth-order valence-electron chi connectivity index (χ4n) is 2.46. The molecule has 2 aliphatic rings. The first kappa shape index (κ1) is 11.3. The van der Waals surface area contributed by atoms with Crippen LogP contribution in [0.3, 0.4) is 0 Å². The smallest absolute Gasteiger partial charge is 0.230 e. The zero-order valence-corrected chi connectivity index (χ0v) is 9.93. The van der Waals surface area contributed by atoms with Crippen LogP contribution in [-0.4, -0.2) is 19.1 Å². The van der Waals surface area contributed by atoms with Gasteiger partial charge < -0.3 is 9.64 Å². The molecule has 0 unspecified atom stereocenters. The molecule has 3 nitrogen and oxygen atoms in total. The average molecular weight is 247 g/mol. The Balaban J connectivity index is 1.88. The van der Waals surface area contributed by atoms with E-state index >= 15 is 0 Å². The number of rotatable bonds is 1. The standard InChI is InChI=1S/C14H14FNO2/c15-11-5-6-12-13(9-11)18-8-7-16(12)14(17)10-3-1-2-4-10/h1-2,5-6,9-10H,3-4,7-8H2. The van der Waals surface area contributed by atoms with Crippen molar-refractivity contribution in [2.75, 3.05) is 18.1 Å². The van der Waals surface area contributed by atoms with Gasteiger partial charge in [-0.3, -0.25) is 4.79 Å². The van der Waals surface area contributed by atoms with Crippen LogP contribution in [0.1, 0.15) is 12.8 Å². The minimum atomic E-state index is -0.342. The molecule has 1 aromatic carbocycles. The lowest BCUT2D eigenvalue weighted by molar-refractivity contribution is -0.122. The molecule has 0 radical (unpaired) electrons. The summed E-state index contributed by atoms with van der Waals surface area (Å²) in [7, 11) is 0. The topological polar surface area (TPSA) is 29.5 Å². The number of fused-ring (bicyclic) bond motifs is 1. The Hall–Kier alpha value is -1.84. The molecule has 0 aromatic heterocycles. The number of halogens is 1. The summed E-state index contributed by atoms with van der Waals surface area (Å²) >= 11 is 0. The van der Waals surface area contributed by atoms with E-state index in [0.717, 1.165) is 12.8 Å². The van der Waals surface area contributed by atoms with Gasteiger partial charge >= 0.3 is 0 Å². The first-order valence-electron chi connectivity index (χ1n) is 6.14. The average Bonchev–Trinajstić information content (AvgIpc) is 2.90. The van der Waals surface area contributed by atoms with Crippen LogP contribution in [0.5, 0.6) is 5.75 Å². The fraction of sp³-hybridized carbons (Fsp3) is 0.357. The van der Waals surface area contributed by atoms with Gasteiger partial charge in [0.05, 0.1) is 12.2 Å². The molecule has 1 aromatic rings. The summed E-state index contributed by atoms with van der Waals surface area (Å²) in [5.74, 6) is 0.253. The van der Waals surface area contributed by atoms with Gasteiger partial charge in [-0.2, -0.15) is 0 Å². The summed E-state index contributed by atoms with van der Waals surface area (Å²) in [6.45, 7) is 0.955. The predicted molar refractivity (Wildman–Crippen MR) is 66.1 cm³/mol. The van der Waals surface area contributed by atoms with Gasteiger partial charge in [-0.15, -0.1) is 0 Å². The number of amides is 1. The van der Waals surface area contributed by atoms with E-state index in [9.17, 15) is 9.18 Å². The van der Waals surface area contributed by atoms with Crippen LogP contribution >= 0.6 is 0 Å². The molecule has 0 bridgehead atoms. The molecule has 94 valence electrons. The molecule has 18 heavy (non-hydrogen) atoms. The number of carbonyl (C=O) groups excluding carboxylic acids is 1. The van der Waals surface area contributed by atoms with Gasteiger partial charge in [0, 0.05) is 12.0 Å². The van der Waals surface area contributed by atoms with Gasteiger partial charge in [-0.1, -0.05) is 12.2 Å². The van der Waals surface area contributed by atoms with Gasteiger partial charge in [0.15, 0.2) is 0 Å². The van der Waals surface area contributed by atoms with Gasteiger partial charge in [-0.25, -0.2) is 4.39 Å². The van der Waals surface area contributed by atoms with E-state index in [1.165, 1.54) is 12.1 Å². The molecule has 0 saturated heterocycles. The lowest BCUT2D eigenvalue weighted by atomic mass is 10.0. The third-order valence-electron chi connectivity index (χ3n) is 3.41. The first-order chi connectivity index (χ1) is 8.75. The number of benzene rings is 1. The van der Waals surface area contributed by atoms with Gasteiger partial charge in [0.2, 0.25) is 5.91 Å². The second-order valence-electron chi connectivity index (χ2n) is 4.59. The molecule has 1 amide bonds. The number of ether oxygens (including phenoxy) is 1. The highest BCUT2D eigenvalue weighted by Gasteiger charge is 2.29. The first-order valence-corrected chi connectivity index (χ1v) is 6.14. The van der Waals surface area contributed by atoms with E-state index in [1.54, 1.807) is 11.0 Å². The second-order valence-corrected chi connectivity index (χ2v) is 4.59. The maximum Gasteiger partial charge on any atom is 0.230 e. The summed E-state index contributed by atoms with van der Waals surface area (Å²) in [6.07, 6.45) is 5.67. The minimum absolute atomic E-state index is 0.0287. The van der Waals surface area contributed by atoms with E-state index in [2.05, 4.69) is 0 Å². The SMILES string of the molecule is O=C(C1CC=CC1)N1CCOc2cc(F)ccc21. The van der Waals surface area contributed by atoms with Crippen molar-refractivity contribution in [3.63, 3.8) is 0 Å². The summed E-state index contributed by atoms with van der Waals surface area (Å²) in [5, 5.41) is 0. The van der Waals surface area contributed by atoms with Crippen LogP contribution in [0, 0.1) is 11.7 Å². The van der Waals surface area contributed by atoms with Crippen molar-refractivity contribution in [2.24, 2.45) is 5.92 Å².